The lowest BCUT2D eigenvalue weighted by atomic mass is 9.80. The standard InChI is InChI=1S/C17H29NO/c1-13-10-15(3)16(11-14(13)2)17(4,5)12-18-8-6-7-9-19/h10-11,18-19H,6-9,12H2,1-5H3. The molecule has 2 heteroatoms. The van der Waals surface area contributed by atoms with E-state index in [1.807, 2.05) is 0 Å². The molecule has 0 atom stereocenters. The largest absolute Gasteiger partial charge is 0.396 e. The van der Waals surface area contributed by atoms with Gasteiger partial charge in [-0.05, 0) is 62.4 Å². The topological polar surface area (TPSA) is 32.3 Å². The van der Waals surface area contributed by atoms with E-state index in [-0.39, 0.29) is 5.41 Å². The molecule has 108 valence electrons. The Balaban J connectivity index is 2.68. The molecular formula is C17H29NO. The molecule has 0 spiro atoms. The van der Waals surface area contributed by atoms with E-state index in [0.29, 0.717) is 6.61 Å². The van der Waals surface area contributed by atoms with Gasteiger partial charge in [0, 0.05) is 18.6 Å². The van der Waals surface area contributed by atoms with Crippen LogP contribution >= 0.6 is 0 Å². The van der Waals surface area contributed by atoms with Crippen LogP contribution in [0.25, 0.3) is 0 Å². The van der Waals surface area contributed by atoms with Crippen LogP contribution in [-0.2, 0) is 5.41 Å². The summed E-state index contributed by atoms with van der Waals surface area (Å²) in [4.78, 5) is 0. The van der Waals surface area contributed by atoms with E-state index in [9.17, 15) is 0 Å². The molecule has 0 heterocycles. The maximum absolute atomic E-state index is 8.77. The van der Waals surface area contributed by atoms with E-state index in [1.54, 1.807) is 0 Å². The number of nitrogens with one attached hydrogen (secondary N) is 1. The highest BCUT2D eigenvalue weighted by Crippen LogP contribution is 2.28. The lowest BCUT2D eigenvalue weighted by Crippen LogP contribution is -2.34. The van der Waals surface area contributed by atoms with Gasteiger partial charge in [0.15, 0.2) is 0 Å². The SMILES string of the molecule is Cc1cc(C)c(C(C)(C)CNCCCCO)cc1C. The molecule has 0 unspecified atom stereocenters. The molecule has 0 bridgehead atoms. The molecule has 1 aromatic rings. The van der Waals surface area contributed by atoms with Gasteiger partial charge in [-0.15, -0.1) is 0 Å². The molecule has 0 aliphatic heterocycles. The Morgan fingerprint density at radius 3 is 2.26 bits per heavy atom. The molecule has 1 aromatic carbocycles. The van der Waals surface area contributed by atoms with Crippen molar-refractivity contribution in [2.45, 2.75) is 52.9 Å². The molecule has 2 nitrogen and oxygen atoms in total. The summed E-state index contributed by atoms with van der Waals surface area (Å²) < 4.78 is 0. The van der Waals surface area contributed by atoms with Crippen LogP contribution in [0.1, 0.15) is 48.9 Å². The maximum Gasteiger partial charge on any atom is 0.0431 e. The number of hydrogen-bond donors (Lipinski definition) is 2. The van der Waals surface area contributed by atoms with Crippen LogP contribution in [0.4, 0.5) is 0 Å². The first-order chi connectivity index (χ1) is 8.88. The van der Waals surface area contributed by atoms with Gasteiger partial charge in [-0.25, -0.2) is 0 Å². The van der Waals surface area contributed by atoms with Crippen LogP contribution in [0.3, 0.4) is 0 Å². The zero-order valence-electron chi connectivity index (χ0n) is 13.1. The Morgan fingerprint density at radius 1 is 1.00 bits per heavy atom. The van der Waals surface area contributed by atoms with Crippen LogP contribution in [0.5, 0.6) is 0 Å². The monoisotopic (exact) mass is 263 g/mol. The van der Waals surface area contributed by atoms with Gasteiger partial charge in [-0.3, -0.25) is 0 Å². The smallest absolute Gasteiger partial charge is 0.0431 e. The van der Waals surface area contributed by atoms with Crippen LogP contribution in [0.15, 0.2) is 12.1 Å². The molecule has 2 N–H and O–H groups in total. The number of aliphatic hydroxyl groups is 1. The number of benzene rings is 1. The molecule has 0 saturated heterocycles. The van der Waals surface area contributed by atoms with Gasteiger partial charge in [0.2, 0.25) is 0 Å². The van der Waals surface area contributed by atoms with E-state index >= 15 is 0 Å². The first kappa shape index (κ1) is 16.2. The Hall–Kier alpha value is -0.860. The molecule has 0 aliphatic carbocycles. The van der Waals surface area contributed by atoms with Gasteiger partial charge in [0.1, 0.15) is 0 Å². The van der Waals surface area contributed by atoms with E-state index < -0.39 is 0 Å². The first-order valence-electron chi connectivity index (χ1n) is 7.28. The molecular weight excluding hydrogens is 234 g/mol. The molecule has 0 aliphatic rings. The molecule has 0 radical (unpaired) electrons. The normalized spacial score (nSPS) is 11.9. The third-order valence-corrected chi connectivity index (χ3v) is 3.90. The average Bonchev–Trinajstić information content (AvgIpc) is 2.33. The Bertz CT molecular complexity index is 410. The summed E-state index contributed by atoms with van der Waals surface area (Å²) >= 11 is 0. The second-order valence-corrected chi connectivity index (χ2v) is 6.24. The van der Waals surface area contributed by atoms with Gasteiger partial charge < -0.3 is 10.4 Å². The summed E-state index contributed by atoms with van der Waals surface area (Å²) in [7, 11) is 0. The predicted octanol–water partition coefficient (Wildman–Crippen LogP) is 3.25. The highest BCUT2D eigenvalue weighted by Gasteiger charge is 2.22. The van der Waals surface area contributed by atoms with Crippen molar-refractivity contribution in [1.82, 2.24) is 5.32 Å². The summed E-state index contributed by atoms with van der Waals surface area (Å²) in [5.41, 5.74) is 5.69. The molecule has 0 amide bonds. The Kier molecular flexibility index (Phi) is 6.02. The fourth-order valence-electron chi connectivity index (χ4n) is 2.55. The van der Waals surface area contributed by atoms with Crippen LogP contribution in [0.2, 0.25) is 0 Å². The molecule has 0 aromatic heterocycles. The third-order valence-electron chi connectivity index (χ3n) is 3.90. The third kappa shape index (κ3) is 4.63. The molecule has 19 heavy (non-hydrogen) atoms. The number of rotatable bonds is 7. The molecule has 0 fully saturated rings. The van der Waals surface area contributed by atoms with Gasteiger partial charge in [0.05, 0.1) is 0 Å². The van der Waals surface area contributed by atoms with Crippen molar-refractivity contribution < 1.29 is 5.11 Å². The first-order valence-corrected chi connectivity index (χ1v) is 7.28. The summed E-state index contributed by atoms with van der Waals surface area (Å²) in [6, 6.07) is 4.62. The minimum Gasteiger partial charge on any atom is -0.396 e. The van der Waals surface area contributed by atoms with Crippen molar-refractivity contribution >= 4 is 0 Å². The molecule has 0 saturated carbocycles. The highest BCUT2D eigenvalue weighted by molar-refractivity contribution is 5.40. The van der Waals surface area contributed by atoms with Crippen molar-refractivity contribution in [1.29, 1.82) is 0 Å². The van der Waals surface area contributed by atoms with Crippen molar-refractivity contribution in [3.8, 4) is 0 Å². The highest BCUT2D eigenvalue weighted by atomic mass is 16.2. The maximum atomic E-state index is 8.77. The number of unbranched alkanes of at least 4 members (excludes halogenated alkanes) is 1. The van der Waals surface area contributed by atoms with E-state index in [1.165, 1.54) is 22.3 Å². The van der Waals surface area contributed by atoms with Crippen LogP contribution in [-0.4, -0.2) is 24.8 Å². The van der Waals surface area contributed by atoms with Gasteiger partial charge >= 0.3 is 0 Å². The second kappa shape index (κ2) is 7.06. The summed E-state index contributed by atoms with van der Waals surface area (Å²) in [5.74, 6) is 0. The number of hydrogen-bond acceptors (Lipinski definition) is 2. The lowest BCUT2D eigenvalue weighted by molar-refractivity contribution is 0.283. The summed E-state index contributed by atoms with van der Waals surface area (Å²) in [6.45, 7) is 13.4. The van der Waals surface area contributed by atoms with E-state index in [4.69, 9.17) is 5.11 Å². The number of aliphatic hydroxyl groups excluding tert-OH is 1. The van der Waals surface area contributed by atoms with Crippen molar-refractivity contribution in [3.63, 3.8) is 0 Å². The van der Waals surface area contributed by atoms with E-state index in [2.05, 4.69) is 52.1 Å². The van der Waals surface area contributed by atoms with Crippen molar-refractivity contribution in [2.75, 3.05) is 19.7 Å². The van der Waals surface area contributed by atoms with Gasteiger partial charge in [-0.2, -0.15) is 0 Å². The summed E-state index contributed by atoms with van der Waals surface area (Å²) in [6.07, 6.45) is 1.93. The van der Waals surface area contributed by atoms with Crippen molar-refractivity contribution in [3.05, 3.63) is 34.4 Å². The van der Waals surface area contributed by atoms with Crippen LogP contribution in [0, 0.1) is 20.8 Å². The quantitative estimate of drug-likeness (QED) is 0.740. The fourth-order valence-corrected chi connectivity index (χ4v) is 2.55. The fraction of sp³-hybridized carbons (Fsp3) is 0.647. The van der Waals surface area contributed by atoms with Gasteiger partial charge in [0.25, 0.3) is 0 Å². The minimum absolute atomic E-state index is 0.141. The van der Waals surface area contributed by atoms with Gasteiger partial charge in [-0.1, -0.05) is 26.0 Å². The zero-order valence-corrected chi connectivity index (χ0v) is 13.1. The number of aryl methyl sites for hydroxylation is 3. The minimum atomic E-state index is 0.141. The Morgan fingerprint density at radius 2 is 1.63 bits per heavy atom. The lowest BCUT2D eigenvalue weighted by Gasteiger charge is -2.28. The molecule has 1 rings (SSSR count). The van der Waals surface area contributed by atoms with Crippen molar-refractivity contribution in [2.24, 2.45) is 0 Å². The van der Waals surface area contributed by atoms with Crippen LogP contribution < -0.4 is 5.32 Å². The van der Waals surface area contributed by atoms with E-state index in [0.717, 1.165) is 25.9 Å². The zero-order chi connectivity index (χ0) is 14.5. The second-order valence-electron chi connectivity index (χ2n) is 6.24. The summed E-state index contributed by atoms with van der Waals surface area (Å²) in [5, 5.41) is 12.3. The Labute approximate surface area is 118 Å². The average molecular weight is 263 g/mol. The predicted molar refractivity (Wildman–Crippen MR) is 82.9 cm³/mol.